The van der Waals surface area contributed by atoms with E-state index in [4.69, 9.17) is 0 Å². The van der Waals surface area contributed by atoms with Crippen LogP contribution in [-0.4, -0.2) is 64.0 Å². The minimum Gasteiger partial charge on any atom is -0.481 e. The smallest absolute Gasteiger partial charge is 0.305 e. The van der Waals surface area contributed by atoms with Crippen LogP contribution in [0.1, 0.15) is 44.7 Å². The third kappa shape index (κ3) is 8.15. The number of carbonyl (C=O) groups is 3. The zero-order chi connectivity index (χ0) is 29.7. The average Bonchev–Trinajstić information content (AvgIpc) is 3.02. The fourth-order valence-corrected chi connectivity index (χ4v) is 4.99. The maximum atomic E-state index is 14.0. The highest BCUT2D eigenvalue weighted by molar-refractivity contribution is 6.06. The lowest BCUT2D eigenvalue weighted by molar-refractivity contribution is -0.137. The predicted octanol–water partition coefficient (Wildman–Crippen LogP) is 5.54. The van der Waals surface area contributed by atoms with Crippen molar-refractivity contribution >= 4 is 17.8 Å². The molecule has 0 aliphatic heterocycles. The lowest BCUT2D eigenvalue weighted by Gasteiger charge is -2.25. The molecule has 7 heteroatoms. The third-order valence-electron chi connectivity index (χ3n) is 7.10. The average molecular weight is 565 g/mol. The fourth-order valence-electron chi connectivity index (χ4n) is 4.99. The third-order valence-corrected chi connectivity index (χ3v) is 7.10. The topological polar surface area (TPSA) is 98.2 Å². The van der Waals surface area contributed by atoms with Crippen molar-refractivity contribution in [1.82, 2.24) is 9.80 Å². The molecule has 0 fully saturated rings. The number of rotatable bonds is 14. The summed E-state index contributed by atoms with van der Waals surface area (Å²) in [6.45, 7) is 0.792. The molecule has 0 unspecified atom stereocenters. The minimum atomic E-state index is -0.970. The van der Waals surface area contributed by atoms with Crippen LogP contribution >= 0.6 is 0 Å². The molecule has 7 nitrogen and oxygen atoms in total. The van der Waals surface area contributed by atoms with Crippen LogP contribution in [0.4, 0.5) is 0 Å². The molecule has 0 radical (unpaired) electrons. The van der Waals surface area contributed by atoms with Gasteiger partial charge in [-0.2, -0.15) is 0 Å². The van der Waals surface area contributed by atoms with Gasteiger partial charge in [-0.3, -0.25) is 14.4 Å². The second-order valence-corrected chi connectivity index (χ2v) is 10.1. The van der Waals surface area contributed by atoms with E-state index >= 15 is 0 Å². The van der Waals surface area contributed by atoms with Gasteiger partial charge in [0.2, 0.25) is 0 Å². The van der Waals surface area contributed by atoms with E-state index in [1.54, 1.807) is 34.1 Å². The van der Waals surface area contributed by atoms with Crippen LogP contribution in [0.15, 0.2) is 109 Å². The first-order chi connectivity index (χ1) is 20.5. The number of aryl methyl sites for hydroxylation is 1. The van der Waals surface area contributed by atoms with Gasteiger partial charge >= 0.3 is 5.97 Å². The second-order valence-electron chi connectivity index (χ2n) is 10.1. The molecule has 0 aliphatic carbocycles. The molecule has 42 heavy (non-hydrogen) atoms. The molecule has 0 spiro atoms. The molecule has 0 atom stereocenters. The molecule has 4 aromatic carbocycles. The maximum Gasteiger partial charge on any atom is 0.305 e. The standard InChI is InChI=1S/C35H36N2O5/c38-25-24-37(26-28-14-5-2-6-15-28)35(42)32-20-10-8-18-30(32)29-17-7-9-19-31(29)34(41)36(23-21-33(39)40)22-11-16-27-12-3-1-4-13-27/h1-10,12-15,17-20,38H,11,16,21-26H2,(H,39,40). The number of carboxylic acid groups (broad SMARTS) is 1. The molecule has 0 bridgehead atoms. The number of carbonyl (C=O) groups excluding carboxylic acids is 2. The highest BCUT2D eigenvalue weighted by Gasteiger charge is 2.24. The van der Waals surface area contributed by atoms with Gasteiger partial charge < -0.3 is 20.0 Å². The first-order valence-electron chi connectivity index (χ1n) is 14.2. The molecule has 2 amide bonds. The Hall–Kier alpha value is -4.75. The van der Waals surface area contributed by atoms with Crippen LogP contribution in [-0.2, 0) is 17.8 Å². The number of amides is 2. The minimum absolute atomic E-state index is 0.0826. The summed E-state index contributed by atoms with van der Waals surface area (Å²) >= 11 is 0. The monoisotopic (exact) mass is 564 g/mol. The van der Waals surface area contributed by atoms with Crippen molar-refractivity contribution in [1.29, 1.82) is 0 Å². The molecule has 2 N–H and O–H groups in total. The van der Waals surface area contributed by atoms with Crippen LogP contribution in [0.2, 0.25) is 0 Å². The van der Waals surface area contributed by atoms with Crippen molar-refractivity contribution in [2.24, 2.45) is 0 Å². The summed E-state index contributed by atoms with van der Waals surface area (Å²) in [7, 11) is 0. The number of carboxylic acids is 1. The zero-order valence-corrected chi connectivity index (χ0v) is 23.6. The van der Waals surface area contributed by atoms with Crippen LogP contribution in [0.3, 0.4) is 0 Å². The van der Waals surface area contributed by atoms with Gasteiger partial charge in [-0.25, -0.2) is 0 Å². The second kappa shape index (κ2) is 15.3. The first-order valence-corrected chi connectivity index (χ1v) is 14.2. The predicted molar refractivity (Wildman–Crippen MR) is 163 cm³/mol. The molecule has 0 heterocycles. The number of aliphatic hydroxyl groups is 1. The van der Waals surface area contributed by atoms with Crippen molar-refractivity contribution in [3.63, 3.8) is 0 Å². The first kappa shape index (κ1) is 30.2. The van der Waals surface area contributed by atoms with Gasteiger partial charge in [-0.05, 0) is 47.2 Å². The number of hydrogen-bond donors (Lipinski definition) is 2. The van der Waals surface area contributed by atoms with Crippen molar-refractivity contribution in [2.45, 2.75) is 25.8 Å². The molecule has 4 aromatic rings. The van der Waals surface area contributed by atoms with E-state index in [2.05, 4.69) is 0 Å². The van der Waals surface area contributed by atoms with E-state index in [9.17, 15) is 24.6 Å². The summed E-state index contributed by atoms with van der Waals surface area (Å²) in [5, 5.41) is 19.1. The Labute approximate surface area is 246 Å². The summed E-state index contributed by atoms with van der Waals surface area (Å²) in [5.74, 6) is -1.50. The molecule has 0 aliphatic rings. The van der Waals surface area contributed by atoms with Crippen molar-refractivity contribution in [3.8, 4) is 11.1 Å². The molecular formula is C35H36N2O5. The largest absolute Gasteiger partial charge is 0.481 e. The molecular weight excluding hydrogens is 528 g/mol. The summed E-state index contributed by atoms with van der Waals surface area (Å²) in [6.07, 6.45) is 1.28. The van der Waals surface area contributed by atoms with Gasteiger partial charge in [-0.1, -0.05) is 97.1 Å². The van der Waals surface area contributed by atoms with Crippen molar-refractivity contribution in [2.75, 3.05) is 26.2 Å². The normalized spacial score (nSPS) is 10.7. The highest BCUT2D eigenvalue weighted by Crippen LogP contribution is 2.29. The molecule has 4 rings (SSSR count). The number of aliphatic hydroxyl groups excluding tert-OH is 1. The van der Waals surface area contributed by atoms with E-state index in [1.165, 1.54) is 0 Å². The molecule has 0 saturated heterocycles. The molecule has 0 aromatic heterocycles. The number of benzene rings is 4. The van der Waals surface area contributed by atoms with Gasteiger partial charge in [0.25, 0.3) is 11.8 Å². The quantitative estimate of drug-likeness (QED) is 0.210. The van der Waals surface area contributed by atoms with E-state index in [0.717, 1.165) is 17.5 Å². The molecule has 0 saturated carbocycles. The Kier molecular flexibility index (Phi) is 11.0. The number of hydrogen-bond acceptors (Lipinski definition) is 4. The van der Waals surface area contributed by atoms with Crippen molar-refractivity contribution < 1.29 is 24.6 Å². The SMILES string of the molecule is O=C(O)CCN(CCCc1ccccc1)C(=O)c1ccccc1-c1ccccc1C(=O)N(CCO)Cc1ccccc1. The summed E-state index contributed by atoms with van der Waals surface area (Å²) in [5.41, 5.74) is 4.11. The van der Waals surface area contributed by atoms with Gasteiger partial charge in [-0.15, -0.1) is 0 Å². The van der Waals surface area contributed by atoms with E-state index < -0.39 is 5.97 Å². The van der Waals surface area contributed by atoms with Gasteiger partial charge in [0, 0.05) is 37.3 Å². The van der Waals surface area contributed by atoms with Crippen LogP contribution in [0, 0.1) is 0 Å². The Morgan fingerprint density at radius 2 is 1.07 bits per heavy atom. The summed E-state index contributed by atoms with van der Waals surface area (Å²) in [6, 6.07) is 33.8. The highest BCUT2D eigenvalue weighted by atomic mass is 16.4. The van der Waals surface area contributed by atoms with Gasteiger partial charge in [0.05, 0.1) is 13.0 Å². The Bertz CT molecular complexity index is 1470. The Morgan fingerprint density at radius 1 is 0.571 bits per heavy atom. The Balaban J connectivity index is 1.63. The Morgan fingerprint density at radius 3 is 1.62 bits per heavy atom. The number of nitrogens with zero attached hydrogens (tertiary/aromatic N) is 2. The van der Waals surface area contributed by atoms with Crippen LogP contribution in [0.5, 0.6) is 0 Å². The summed E-state index contributed by atoms with van der Waals surface area (Å²) < 4.78 is 0. The van der Waals surface area contributed by atoms with E-state index in [-0.39, 0.29) is 37.9 Å². The van der Waals surface area contributed by atoms with Gasteiger partial charge in [0.1, 0.15) is 0 Å². The fraction of sp³-hybridized carbons (Fsp3) is 0.229. The number of aliphatic carboxylic acids is 1. The zero-order valence-electron chi connectivity index (χ0n) is 23.6. The van der Waals surface area contributed by atoms with Crippen LogP contribution in [0.25, 0.3) is 11.1 Å². The van der Waals surface area contributed by atoms with Gasteiger partial charge in [0.15, 0.2) is 0 Å². The lowest BCUT2D eigenvalue weighted by atomic mass is 9.93. The maximum absolute atomic E-state index is 14.0. The van der Waals surface area contributed by atoms with E-state index in [0.29, 0.717) is 41.8 Å². The lowest BCUT2D eigenvalue weighted by Crippen LogP contribution is -2.35. The molecule has 216 valence electrons. The van der Waals surface area contributed by atoms with E-state index in [1.807, 2.05) is 84.9 Å². The van der Waals surface area contributed by atoms with Crippen molar-refractivity contribution in [3.05, 3.63) is 131 Å². The summed E-state index contributed by atoms with van der Waals surface area (Å²) in [4.78, 5) is 42.4. The van der Waals surface area contributed by atoms with Crippen LogP contribution < -0.4 is 0 Å².